The van der Waals surface area contributed by atoms with Gasteiger partial charge in [-0.05, 0) is 25.1 Å². The first-order chi connectivity index (χ1) is 15.3. The number of aromatic amines is 1. The zero-order chi connectivity index (χ0) is 24.2. The molecule has 2 bridgehead atoms. The molecule has 2 amide bonds. The molecule has 1 aromatic heterocycles. The molecule has 178 valence electrons. The van der Waals surface area contributed by atoms with Crippen molar-refractivity contribution in [2.45, 2.75) is 42.1 Å². The molecule has 9 nitrogen and oxygen atoms in total. The van der Waals surface area contributed by atoms with E-state index in [1.165, 1.54) is 4.90 Å². The number of H-pyrrole nitrogens is 1. The number of aromatic nitrogens is 2. The fraction of sp³-hybridized carbons (Fsp3) is 0.450. The second-order valence-corrected chi connectivity index (χ2v) is 10.3. The van der Waals surface area contributed by atoms with Crippen LogP contribution < -0.4 is 5.32 Å². The quantitative estimate of drug-likeness (QED) is 0.664. The number of amides is 2. The Hall–Kier alpha value is -2.93. The Morgan fingerprint density at radius 1 is 1.36 bits per heavy atom. The van der Waals surface area contributed by atoms with E-state index in [1.54, 1.807) is 19.3 Å². The minimum absolute atomic E-state index is 0.0497. The highest BCUT2D eigenvalue weighted by Crippen LogP contribution is 2.40. The summed E-state index contributed by atoms with van der Waals surface area (Å²) in [6.07, 6.45) is -0.650. The van der Waals surface area contributed by atoms with Crippen molar-refractivity contribution in [1.29, 1.82) is 0 Å². The molecule has 4 rings (SSSR count). The molecule has 2 saturated heterocycles. The van der Waals surface area contributed by atoms with E-state index in [9.17, 15) is 31.2 Å². The number of carbonyl (C=O) groups excluding carboxylic acids is 2. The Labute approximate surface area is 187 Å². The van der Waals surface area contributed by atoms with Crippen LogP contribution in [0.25, 0.3) is 0 Å². The molecule has 33 heavy (non-hydrogen) atoms. The number of rotatable bonds is 5. The SMILES string of the molecule is CC(NC(=O)[C@]12CC(CO1)N(C(=O)c1ccc(C(F)(F)F)cc1S(C)(=O)=O)C2)c1cn[nH]c1. The van der Waals surface area contributed by atoms with Crippen molar-refractivity contribution in [3.63, 3.8) is 0 Å². The molecule has 1 aromatic carbocycles. The van der Waals surface area contributed by atoms with Gasteiger partial charge in [-0.2, -0.15) is 18.3 Å². The van der Waals surface area contributed by atoms with Crippen LogP contribution in [-0.2, 0) is 25.5 Å². The Bertz CT molecular complexity index is 1200. The maximum atomic E-state index is 13.2. The molecular weight excluding hydrogens is 465 g/mol. The van der Waals surface area contributed by atoms with E-state index >= 15 is 0 Å². The van der Waals surface area contributed by atoms with Gasteiger partial charge in [0.25, 0.3) is 11.8 Å². The van der Waals surface area contributed by atoms with E-state index < -0.39 is 49.9 Å². The first kappa shape index (κ1) is 23.2. The van der Waals surface area contributed by atoms with Crippen LogP contribution in [0.15, 0.2) is 35.5 Å². The van der Waals surface area contributed by atoms with E-state index in [0.717, 1.165) is 17.9 Å². The third kappa shape index (κ3) is 4.22. The lowest BCUT2D eigenvalue weighted by Gasteiger charge is -2.33. The summed E-state index contributed by atoms with van der Waals surface area (Å²) in [5, 5.41) is 9.30. The number of sulfone groups is 1. The highest BCUT2D eigenvalue weighted by Gasteiger charge is 2.57. The highest BCUT2D eigenvalue weighted by molar-refractivity contribution is 7.90. The van der Waals surface area contributed by atoms with Crippen molar-refractivity contribution in [3.05, 3.63) is 47.3 Å². The zero-order valence-corrected chi connectivity index (χ0v) is 18.5. The van der Waals surface area contributed by atoms with Gasteiger partial charge in [0, 0.05) is 24.4 Å². The van der Waals surface area contributed by atoms with Gasteiger partial charge in [0.05, 0.1) is 47.5 Å². The average molecular weight is 486 g/mol. The fourth-order valence-electron chi connectivity index (χ4n) is 4.18. The van der Waals surface area contributed by atoms with Crippen LogP contribution in [-0.4, -0.2) is 66.4 Å². The zero-order valence-electron chi connectivity index (χ0n) is 17.6. The van der Waals surface area contributed by atoms with Gasteiger partial charge in [0.2, 0.25) is 0 Å². The summed E-state index contributed by atoms with van der Waals surface area (Å²) in [4.78, 5) is 26.8. The molecule has 0 spiro atoms. The van der Waals surface area contributed by atoms with E-state index in [-0.39, 0.29) is 31.2 Å². The predicted octanol–water partition coefficient (Wildman–Crippen LogP) is 1.69. The smallest absolute Gasteiger partial charge is 0.361 e. The second kappa shape index (κ2) is 7.83. The van der Waals surface area contributed by atoms with Crippen LogP contribution in [0.2, 0.25) is 0 Å². The molecule has 2 fully saturated rings. The van der Waals surface area contributed by atoms with Gasteiger partial charge >= 0.3 is 6.18 Å². The largest absolute Gasteiger partial charge is 0.416 e. The Kier molecular flexibility index (Phi) is 5.52. The molecule has 2 unspecified atom stereocenters. The predicted molar refractivity (Wildman–Crippen MR) is 108 cm³/mol. The fourth-order valence-corrected chi connectivity index (χ4v) is 5.08. The van der Waals surface area contributed by atoms with Gasteiger partial charge in [0.15, 0.2) is 15.4 Å². The summed E-state index contributed by atoms with van der Waals surface area (Å²) >= 11 is 0. The average Bonchev–Trinajstić information content (AvgIpc) is 3.48. The molecule has 2 aromatic rings. The van der Waals surface area contributed by atoms with Crippen molar-refractivity contribution in [2.24, 2.45) is 0 Å². The van der Waals surface area contributed by atoms with Gasteiger partial charge in [-0.3, -0.25) is 14.7 Å². The van der Waals surface area contributed by atoms with Crippen LogP contribution in [0.1, 0.15) is 40.9 Å². The van der Waals surface area contributed by atoms with Gasteiger partial charge in [0.1, 0.15) is 0 Å². The maximum Gasteiger partial charge on any atom is 0.416 e. The van der Waals surface area contributed by atoms with E-state index in [1.807, 2.05) is 0 Å². The van der Waals surface area contributed by atoms with Gasteiger partial charge in [-0.15, -0.1) is 0 Å². The highest BCUT2D eigenvalue weighted by atomic mass is 32.2. The number of alkyl halides is 3. The minimum atomic E-state index is -4.77. The third-order valence-corrected chi connectivity index (χ3v) is 7.10. The third-order valence-electron chi connectivity index (χ3n) is 5.96. The summed E-state index contributed by atoms with van der Waals surface area (Å²) in [5.41, 5.74) is -2.13. The number of nitrogens with one attached hydrogen (secondary N) is 2. The van der Waals surface area contributed by atoms with E-state index in [0.29, 0.717) is 12.1 Å². The summed E-state index contributed by atoms with van der Waals surface area (Å²) < 4.78 is 69.4. The van der Waals surface area contributed by atoms with Crippen molar-refractivity contribution in [3.8, 4) is 0 Å². The monoisotopic (exact) mass is 486 g/mol. The van der Waals surface area contributed by atoms with Crippen molar-refractivity contribution < 1.29 is 35.9 Å². The number of likely N-dealkylation sites (tertiary alicyclic amines) is 1. The van der Waals surface area contributed by atoms with Crippen LogP contribution in [0.3, 0.4) is 0 Å². The Balaban J connectivity index is 1.59. The molecule has 2 N–H and O–H groups in total. The van der Waals surface area contributed by atoms with Gasteiger partial charge < -0.3 is 15.0 Å². The number of nitrogens with zero attached hydrogens (tertiary/aromatic N) is 2. The molecule has 2 aliphatic rings. The molecule has 0 radical (unpaired) electrons. The number of carbonyl (C=O) groups is 2. The maximum absolute atomic E-state index is 13.2. The lowest BCUT2D eigenvalue weighted by atomic mass is 10.0. The Morgan fingerprint density at radius 3 is 2.70 bits per heavy atom. The molecule has 13 heteroatoms. The van der Waals surface area contributed by atoms with Crippen molar-refractivity contribution in [1.82, 2.24) is 20.4 Å². The number of hydrogen-bond acceptors (Lipinski definition) is 6. The van der Waals surface area contributed by atoms with E-state index in [4.69, 9.17) is 4.74 Å². The second-order valence-electron chi connectivity index (χ2n) is 8.30. The molecular formula is C20H21F3N4O5S. The molecule has 3 heterocycles. The first-order valence-corrected chi connectivity index (χ1v) is 11.9. The summed E-state index contributed by atoms with van der Waals surface area (Å²) in [6, 6.07) is 1.10. The number of ether oxygens (including phenoxy) is 1. The molecule has 3 atom stereocenters. The number of benzene rings is 1. The van der Waals surface area contributed by atoms with Gasteiger partial charge in [-0.25, -0.2) is 8.42 Å². The van der Waals surface area contributed by atoms with Crippen LogP contribution in [0, 0.1) is 0 Å². The number of halogens is 3. The Morgan fingerprint density at radius 2 is 2.09 bits per heavy atom. The normalized spacial score (nSPS) is 23.5. The van der Waals surface area contributed by atoms with Gasteiger partial charge in [-0.1, -0.05) is 0 Å². The number of hydrogen-bond donors (Lipinski definition) is 2. The van der Waals surface area contributed by atoms with E-state index in [2.05, 4.69) is 15.5 Å². The lowest BCUT2D eigenvalue weighted by molar-refractivity contribution is -0.144. The number of morpholine rings is 1. The number of fused-ring (bicyclic) bond motifs is 2. The van der Waals surface area contributed by atoms with Crippen molar-refractivity contribution in [2.75, 3.05) is 19.4 Å². The summed E-state index contributed by atoms with van der Waals surface area (Å²) in [5.74, 6) is -1.21. The standard InChI is InChI=1S/C20H21F3N4O5S/c1-11(12-7-24-25-8-12)26-18(29)19-6-14(9-32-19)27(10-19)17(28)15-4-3-13(20(21,22)23)5-16(15)33(2,30)31/h3-5,7-8,11,14H,6,9-10H2,1-2H3,(H,24,25)(H,26,29)/t11?,14?,19-/m1/s1. The molecule has 0 saturated carbocycles. The summed E-state index contributed by atoms with van der Waals surface area (Å²) in [7, 11) is -4.14. The lowest BCUT2D eigenvalue weighted by Crippen LogP contribution is -2.53. The summed E-state index contributed by atoms with van der Waals surface area (Å²) in [6.45, 7) is 1.66. The first-order valence-electron chi connectivity index (χ1n) is 9.98. The van der Waals surface area contributed by atoms with Crippen LogP contribution >= 0.6 is 0 Å². The topological polar surface area (TPSA) is 121 Å². The van der Waals surface area contributed by atoms with Crippen molar-refractivity contribution >= 4 is 21.7 Å². The minimum Gasteiger partial charge on any atom is -0.361 e. The molecule has 2 aliphatic heterocycles. The van der Waals surface area contributed by atoms with Crippen LogP contribution in [0.4, 0.5) is 13.2 Å². The molecule has 0 aliphatic carbocycles. The van der Waals surface area contributed by atoms with Crippen LogP contribution in [0.5, 0.6) is 0 Å².